The fourth-order valence-electron chi connectivity index (χ4n) is 3.43. The van der Waals surface area contributed by atoms with Gasteiger partial charge in [0.25, 0.3) is 5.91 Å². The van der Waals surface area contributed by atoms with Gasteiger partial charge < -0.3 is 19.7 Å². The topological polar surface area (TPSA) is 68.6 Å². The third kappa shape index (κ3) is 4.77. The van der Waals surface area contributed by atoms with E-state index in [1.54, 1.807) is 32.2 Å². The summed E-state index contributed by atoms with van der Waals surface area (Å²) >= 11 is 0. The fourth-order valence-corrected chi connectivity index (χ4v) is 3.43. The minimum absolute atomic E-state index is 0. The van der Waals surface area contributed by atoms with Crippen LogP contribution < -0.4 is 14.8 Å². The Bertz CT molecular complexity index is 803. The molecular formula is C20H29ClN4O3. The van der Waals surface area contributed by atoms with E-state index in [-0.39, 0.29) is 18.3 Å². The first-order chi connectivity index (χ1) is 13.0. The molecule has 2 heterocycles. The Kier molecular flexibility index (Phi) is 7.71. The van der Waals surface area contributed by atoms with Crippen molar-refractivity contribution in [2.24, 2.45) is 0 Å². The number of nitrogens with one attached hydrogen (secondary N) is 1. The molecular weight excluding hydrogens is 380 g/mol. The first-order valence-electron chi connectivity index (χ1n) is 9.26. The lowest BCUT2D eigenvalue weighted by molar-refractivity contribution is 0.0777. The van der Waals surface area contributed by atoms with Crippen LogP contribution in [0, 0.1) is 6.92 Å². The number of hydrogen-bond acceptors (Lipinski definition) is 5. The highest BCUT2D eigenvalue weighted by Crippen LogP contribution is 2.30. The number of amides is 1. The molecule has 0 aliphatic carbocycles. The summed E-state index contributed by atoms with van der Waals surface area (Å²) in [6.07, 6.45) is 4.12. The van der Waals surface area contributed by atoms with E-state index in [1.807, 2.05) is 29.9 Å². The van der Waals surface area contributed by atoms with Gasteiger partial charge in [0, 0.05) is 26.3 Å². The van der Waals surface area contributed by atoms with Crippen LogP contribution in [0.3, 0.4) is 0 Å². The Morgan fingerprint density at radius 3 is 2.68 bits per heavy atom. The van der Waals surface area contributed by atoms with Crippen molar-refractivity contribution in [3.8, 4) is 11.5 Å². The summed E-state index contributed by atoms with van der Waals surface area (Å²) in [5.74, 6) is 1.26. The monoisotopic (exact) mass is 408 g/mol. The molecule has 1 aliphatic rings. The number of ether oxygens (including phenoxy) is 2. The molecule has 1 aliphatic heterocycles. The molecule has 1 amide bonds. The number of benzene rings is 1. The van der Waals surface area contributed by atoms with Crippen LogP contribution in [0.15, 0.2) is 24.4 Å². The zero-order valence-corrected chi connectivity index (χ0v) is 17.7. The van der Waals surface area contributed by atoms with Crippen LogP contribution in [-0.4, -0.2) is 54.9 Å². The Hall–Kier alpha value is -2.25. The van der Waals surface area contributed by atoms with Crippen molar-refractivity contribution in [1.29, 1.82) is 0 Å². The van der Waals surface area contributed by atoms with Crippen molar-refractivity contribution in [3.63, 3.8) is 0 Å². The van der Waals surface area contributed by atoms with E-state index in [9.17, 15) is 4.79 Å². The Morgan fingerprint density at radius 1 is 1.32 bits per heavy atom. The van der Waals surface area contributed by atoms with Gasteiger partial charge in [0.15, 0.2) is 11.5 Å². The third-order valence-corrected chi connectivity index (χ3v) is 5.07. The van der Waals surface area contributed by atoms with E-state index < -0.39 is 0 Å². The highest BCUT2D eigenvalue weighted by Gasteiger charge is 2.20. The van der Waals surface area contributed by atoms with Crippen LogP contribution in [0.25, 0.3) is 0 Å². The van der Waals surface area contributed by atoms with Gasteiger partial charge in [-0.05, 0) is 55.6 Å². The van der Waals surface area contributed by atoms with E-state index in [0.29, 0.717) is 29.8 Å². The SMILES string of the molecule is COc1cc(C)c(CN(C)C(=O)c2ccn(C3CCCNC3)n2)cc1OC.Cl. The lowest BCUT2D eigenvalue weighted by Crippen LogP contribution is -2.32. The molecule has 2 aromatic rings. The van der Waals surface area contributed by atoms with Crippen molar-refractivity contribution < 1.29 is 14.3 Å². The summed E-state index contributed by atoms with van der Waals surface area (Å²) in [6, 6.07) is 5.97. The van der Waals surface area contributed by atoms with Gasteiger partial charge in [0.1, 0.15) is 5.69 Å². The predicted molar refractivity (Wildman–Crippen MR) is 111 cm³/mol. The molecule has 8 heteroatoms. The van der Waals surface area contributed by atoms with Crippen molar-refractivity contribution >= 4 is 18.3 Å². The number of nitrogens with zero attached hydrogens (tertiary/aromatic N) is 3. The molecule has 7 nitrogen and oxygen atoms in total. The summed E-state index contributed by atoms with van der Waals surface area (Å²) in [4.78, 5) is 14.5. The molecule has 0 radical (unpaired) electrons. The minimum Gasteiger partial charge on any atom is -0.493 e. The lowest BCUT2D eigenvalue weighted by Gasteiger charge is -2.23. The number of halogens is 1. The van der Waals surface area contributed by atoms with E-state index in [1.165, 1.54) is 0 Å². The third-order valence-electron chi connectivity index (χ3n) is 5.07. The van der Waals surface area contributed by atoms with Gasteiger partial charge in [-0.25, -0.2) is 0 Å². The van der Waals surface area contributed by atoms with Crippen LogP contribution in [-0.2, 0) is 6.54 Å². The second kappa shape index (κ2) is 9.80. The minimum atomic E-state index is -0.0910. The second-order valence-corrected chi connectivity index (χ2v) is 6.98. The summed E-state index contributed by atoms with van der Waals surface area (Å²) in [5, 5.41) is 7.90. The van der Waals surface area contributed by atoms with Crippen LogP contribution in [0.2, 0.25) is 0 Å². The lowest BCUT2D eigenvalue weighted by atomic mass is 10.1. The van der Waals surface area contributed by atoms with Crippen LogP contribution in [0.5, 0.6) is 11.5 Å². The maximum atomic E-state index is 12.8. The molecule has 0 saturated carbocycles. The van der Waals surface area contributed by atoms with E-state index in [0.717, 1.165) is 37.1 Å². The van der Waals surface area contributed by atoms with Gasteiger partial charge in [-0.3, -0.25) is 9.48 Å². The van der Waals surface area contributed by atoms with Gasteiger partial charge in [0.2, 0.25) is 0 Å². The van der Waals surface area contributed by atoms with E-state index in [2.05, 4.69) is 10.4 Å². The Balaban J connectivity index is 0.00000280. The van der Waals surface area contributed by atoms with Gasteiger partial charge in [-0.1, -0.05) is 0 Å². The number of carbonyl (C=O) groups excluding carboxylic acids is 1. The van der Waals surface area contributed by atoms with Crippen LogP contribution in [0.1, 0.15) is 40.5 Å². The first kappa shape index (κ1) is 22.0. The van der Waals surface area contributed by atoms with Gasteiger partial charge in [-0.2, -0.15) is 5.10 Å². The molecule has 3 rings (SSSR count). The molecule has 1 atom stereocenters. The van der Waals surface area contributed by atoms with Crippen LogP contribution in [0.4, 0.5) is 0 Å². The van der Waals surface area contributed by atoms with Crippen molar-refractivity contribution in [2.75, 3.05) is 34.4 Å². The largest absolute Gasteiger partial charge is 0.493 e. The number of aromatic nitrogens is 2. The summed E-state index contributed by atoms with van der Waals surface area (Å²) in [7, 11) is 5.02. The van der Waals surface area contributed by atoms with Crippen LogP contribution >= 0.6 is 12.4 Å². The van der Waals surface area contributed by atoms with Gasteiger partial charge in [0.05, 0.1) is 20.3 Å². The van der Waals surface area contributed by atoms with Gasteiger partial charge in [-0.15, -0.1) is 12.4 Å². The highest BCUT2D eigenvalue weighted by molar-refractivity contribution is 5.92. The maximum absolute atomic E-state index is 12.8. The van der Waals surface area contributed by atoms with Crippen molar-refractivity contribution in [2.45, 2.75) is 32.4 Å². The van der Waals surface area contributed by atoms with E-state index >= 15 is 0 Å². The summed E-state index contributed by atoms with van der Waals surface area (Å²) in [5.41, 5.74) is 2.53. The first-order valence-corrected chi connectivity index (χ1v) is 9.26. The smallest absolute Gasteiger partial charge is 0.274 e. The zero-order valence-electron chi connectivity index (χ0n) is 16.9. The molecule has 1 unspecified atom stereocenters. The number of hydrogen-bond donors (Lipinski definition) is 1. The summed E-state index contributed by atoms with van der Waals surface area (Å²) in [6.45, 7) is 4.43. The predicted octanol–water partition coefficient (Wildman–Crippen LogP) is 2.83. The molecule has 1 N–H and O–H groups in total. The van der Waals surface area contributed by atoms with Gasteiger partial charge >= 0.3 is 0 Å². The number of carbonyl (C=O) groups is 1. The molecule has 0 spiro atoms. The molecule has 1 fully saturated rings. The molecule has 154 valence electrons. The number of piperidine rings is 1. The number of methoxy groups -OCH3 is 2. The molecule has 28 heavy (non-hydrogen) atoms. The van der Waals surface area contributed by atoms with Crippen molar-refractivity contribution in [1.82, 2.24) is 20.0 Å². The van der Waals surface area contributed by atoms with E-state index in [4.69, 9.17) is 9.47 Å². The zero-order chi connectivity index (χ0) is 19.4. The highest BCUT2D eigenvalue weighted by atomic mass is 35.5. The maximum Gasteiger partial charge on any atom is 0.274 e. The normalized spacial score (nSPS) is 16.2. The number of rotatable bonds is 6. The number of aryl methyl sites for hydroxylation is 1. The fraction of sp³-hybridized carbons (Fsp3) is 0.500. The molecule has 1 aromatic heterocycles. The quantitative estimate of drug-likeness (QED) is 0.796. The second-order valence-electron chi connectivity index (χ2n) is 6.98. The molecule has 0 bridgehead atoms. The standard InChI is InChI=1S/C20H28N4O3.ClH/c1-14-10-18(26-3)19(27-4)11-15(14)13-23(2)20(25)17-7-9-24(22-17)16-6-5-8-21-12-16;/h7,9-11,16,21H,5-6,8,12-13H2,1-4H3;1H. The molecule has 1 aromatic carbocycles. The Labute approximate surface area is 172 Å². The molecule has 1 saturated heterocycles. The average Bonchev–Trinajstić information content (AvgIpc) is 3.19. The summed E-state index contributed by atoms with van der Waals surface area (Å²) < 4.78 is 12.6. The Morgan fingerprint density at radius 2 is 2.04 bits per heavy atom. The average molecular weight is 409 g/mol. The van der Waals surface area contributed by atoms with Crippen molar-refractivity contribution in [3.05, 3.63) is 41.2 Å².